The summed E-state index contributed by atoms with van der Waals surface area (Å²) in [7, 11) is 1.72. The van der Waals surface area contributed by atoms with Crippen molar-refractivity contribution in [2.45, 2.75) is 32.7 Å². The highest BCUT2D eigenvalue weighted by Crippen LogP contribution is 2.21. The molecule has 0 saturated carbocycles. The van der Waals surface area contributed by atoms with E-state index in [4.69, 9.17) is 0 Å². The van der Waals surface area contributed by atoms with Crippen LogP contribution in [0.5, 0.6) is 0 Å². The molecule has 0 radical (unpaired) electrons. The fourth-order valence-electron chi connectivity index (χ4n) is 2.13. The van der Waals surface area contributed by atoms with Crippen molar-refractivity contribution < 1.29 is 4.39 Å². The summed E-state index contributed by atoms with van der Waals surface area (Å²) >= 11 is 0. The number of rotatable bonds is 6. The topological polar surface area (TPSA) is 55.6 Å². The molecule has 1 aromatic heterocycles. The van der Waals surface area contributed by atoms with Crippen molar-refractivity contribution in [3.05, 3.63) is 41.0 Å². The van der Waals surface area contributed by atoms with Gasteiger partial charge >= 0.3 is 0 Å². The predicted molar refractivity (Wildman–Crippen MR) is 74.7 cm³/mol. The molecule has 0 bridgehead atoms. The first-order valence-corrected chi connectivity index (χ1v) is 6.82. The molecule has 0 amide bonds. The molecule has 6 heteroatoms. The number of benzene rings is 1. The summed E-state index contributed by atoms with van der Waals surface area (Å²) in [6.07, 6.45) is 1.51. The van der Waals surface area contributed by atoms with Gasteiger partial charge in [0.2, 0.25) is 0 Å². The largest absolute Gasteiger partial charge is 0.309 e. The lowest BCUT2D eigenvalue weighted by Gasteiger charge is -2.18. The first-order chi connectivity index (χ1) is 9.60. The SMILES string of the molecule is CCCNC(Cc1nnn(C)n1)c1cc(C)ccc1F. The van der Waals surface area contributed by atoms with E-state index in [1.807, 2.05) is 13.0 Å². The zero-order valence-corrected chi connectivity index (χ0v) is 12.1. The summed E-state index contributed by atoms with van der Waals surface area (Å²) in [5.41, 5.74) is 1.70. The Bertz CT molecular complexity index is 566. The third-order valence-corrected chi connectivity index (χ3v) is 3.10. The van der Waals surface area contributed by atoms with E-state index in [2.05, 4.69) is 27.7 Å². The fraction of sp³-hybridized carbons (Fsp3) is 0.500. The molecule has 1 unspecified atom stereocenters. The summed E-state index contributed by atoms with van der Waals surface area (Å²) in [5, 5.41) is 15.3. The highest BCUT2D eigenvalue weighted by Gasteiger charge is 2.18. The standard InChI is InChI=1S/C14H20FN5/c1-4-7-16-13(9-14-17-19-20(3)18-14)11-8-10(2)5-6-12(11)15/h5-6,8,13,16H,4,7,9H2,1-3H3. The van der Waals surface area contributed by atoms with Gasteiger partial charge in [-0.15, -0.1) is 10.2 Å². The molecule has 108 valence electrons. The molecule has 0 aliphatic heterocycles. The number of aryl methyl sites for hydroxylation is 2. The van der Waals surface area contributed by atoms with Crippen LogP contribution < -0.4 is 5.32 Å². The minimum absolute atomic E-state index is 0.140. The molecular formula is C14H20FN5. The van der Waals surface area contributed by atoms with Crippen LogP contribution in [-0.2, 0) is 13.5 Å². The first kappa shape index (κ1) is 14.6. The minimum Gasteiger partial charge on any atom is -0.309 e. The first-order valence-electron chi connectivity index (χ1n) is 6.82. The quantitative estimate of drug-likeness (QED) is 0.876. The van der Waals surface area contributed by atoms with E-state index in [1.54, 1.807) is 13.1 Å². The molecule has 0 fully saturated rings. The van der Waals surface area contributed by atoms with Crippen molar-refractivity contribution in [1.29, 1.82) is 0 Å². The van der Waals surface area contributed by atoms with Gasteiger partial charge in [0.1, 0.15) is 5.82 Å². The molecule has 1 aromatic carbocycles. The number of halogens is 1. The maximum atomic E-state index is 14.1. The van der Waals surface area contributed by atoms with Gasteiger partial charge in [-0.05, 0) is 31.2 Å². The minimum atomic E-state index is -0.201. The van der Waals surface area contributed by atoms with Crippen molar-refractivity contribution in [1.82, 2.24) is 25.5 Å². The van der Waals surface area contributed by atoms with Crippen LogP contribution in [0, 0.1) is 12.7 Å². The van der Waals surface area contributed by atoms with Gasteiger partial charge in [-0.2, -0.15) is 4.80 Å². The molecule has 1 atom stereocenters. The predicted octanol–water partition coefficient (Wildman–Crippen LogP) is 1.94. The summed E-state index contributed by atoms with van der Waals surface area (Å²) in [5.74, 6) is 0.412. The third-order valence-electron chi connectivity index (χ3n) is 3.10. The Hall–Kier alpha value is -1.82. The smallest absolute Gasteiger partial charge is 0.176 e. The van der Waals surface area contributed by atoms with Crippen LogP contribution in [-0.4, -0.2) is 26.8 Å². The Labute approximate surface area is 118 Å². The van der Waals surface area contributed by atoms with Gasteiger partial charge in [-0.3, -0.25) is 0 Å². The second kappa shape index (κ2) is 6.56. The monoisotopic (exact) mass is 277 g/mol. The van der Waals surface area contributed by atoms with E-state index < -0.39 is 0 Å². The van der Waals surface area contributed by atoms with Crippen molar-refractivity contribution in [2.24, 2.45) is 7.05 Å². The zero-order chi connectivity index (χ0) is 14.5. The van der Waals surface area contributed by atoms with Gasteiger partial charge in [0.05, 0.1) is 7.05 Å². The summed E-state index contributed by atoms with van der Waals surface area (Å²) < 4.78 is 14.1. The molecule has 0 spiro atoms. The fourth-order valence-corrected chi connectivity index (χ4v) is 2.13. The van der Waals surface area contributed by atoms with Gasteiger partial charge < -0.3 is 5.32 Å². The average molecular weight is 277 g/mol. The Balaban J connectivity index is 2.24. The summed E-state index contributed by atoms with van der Waals surface area (Å²) in [6.45, 7) is 4.86. The second-order valence-electron chi connectivity index (χ2n) is 4.93. The van der Waals surface area contributed by atoms with Gasteiger partial charge in [0.15, 0.2) is 5.82 Å². The Kier molecular flexibility index (Phi) is 4.79. The van der Waals surface area contributed by atoms with E-state index in [0.29, 0.717) is 17.8 Å². The van der Waals surface area contributed by atoms with E-state index in [0.717, 1.165) is 18.5 Å². The molecule has 20 heavy (non-hydrogen) atoms. The lowest BCUT2D eigenvalue weighted by atomic mass is 10.0. The molecular weight excluding hydrogens is 257 g/mol. The molecule has 1 N–H and O–H groups in total. The second-order valence-corrected chi connectivity index (χ2v) is 4.93. The number of nitrogens with one attached hydrogen (secondary N) is 1. The summed E-state index contributed by atoms with van der Waals surface area (Å²) in [4.78, 5) is 1.42. The van der Waals surface area contributed by atoms with Crippen LogP contribution >= 0.6 is 0 Å². The van der Waals surface area contributed by atoms with Crippen LogP contribution in [0.4, 0.5) is 4.39 Å². The van der Waals surface area contributed by atoms with E-state index in [9.17, 15) is 4.39 Å². The third kappa shape index (κ3) is 3.60. The van der Waals surface area contributed by atoms with Crippen LogP contribution in [0.15, 0.2) is 18.2 Å². The van der Waals surface area contributed by atoms with Crippen molar-refractivity contribution in [3.63, 3.8) is 0 Å². The van der Waals surface area contributed by atoms with E-state index in [1.165, 1.54) is 10.9 Å². The Morgan fingerprint density at radius 1 is 1.40 bits per heavy atom. The number of nitrogens with zero attached hydrogens (tertiary/aromatic N) is 4. The Morgan fingerprint density at radius 3 is 2.85 bits per heavy atom. The number of hydrogen-bond acceptors (Lipinski definition) is 4. The molecule has 0 aliphatic carbocycles. The normalized spacial score (nSPS) is 12.6. The molecule has 0 saturated heterocycles. The van der Waals surface area contributed by atoms with Gasteiger partial charge in [-0.25, -0.2) is 4.39 Å². The highest BCUT2D eigenvalue weighted by atomic mass is 19.1. The molecule has 2 aromatic rings. The highest BCUT2D eigenvalue weighted by molar-refractivity contribution is 5.27. The van der Waals surface area contributed by atoms with Crippen LogP contribution in [0.3, 0.4) is 0 Å². The lowest BCUT2D eigenvalue weighted by Crippen LogP contribution is -2.25. The van der Waals surface area contributed by atoms with Crippen molar-refractivity contribution in [2.75, 3.05) is 6.54 Å². The molecule has 2 rings (SSSR count). The number of aromatic nitrogens is 4. The number of hydrogen-bond donors (Lipinski definition) is 1. The van der Waals surface area contributed by atoms with E-state index >= 15 is 0 Å². The van der Waals surface area contributed by atoms with Crippen molar-refractivity contribution >= 4 is 0 Å². The van der Waals surface area contributed by atoms with Crippen LogP contribution in [0.1, 0.15) is 36.3 Å². The summed E-state index contributed by atoms with van der Waals surface area (Å²) in [6, 6.07) is 5.02. The van der Waals surface area contributed by atoms with E-state index in [-0.39, 0.29) is 11.9 Å². The van der Waals surface area contributed by atoms with Crippen molar-refractivity contribution in [3.8, 4) is 0 Å². The van der Waals surface area contributed by atoms with Gasteiger partial charge in [-0.1, -0.05) is 24.6 Å². The lowest BCUT2D eigenvalue weighted by molar-refractivity contribution is 0.488. The zero-order valence-electron chi connectivity index (χ0n) is 12.1. The molecule has 1 heterocycles. The van der Waals surface area contributed by atoms with Crippen LogP contribution in [0.2, 0.25) is 0 Å². The van der Waals surface area contributed by atoms with Gasteiger partial charge in [0, 0.05) is 18.0 Å². The Morgan fingerprint density at radius 2 is 2.20 bits per heavy atom. The number of tetrazole rings is 1. The average Bonchev–Trinajstić information content (AvgIpc) is 2.83. The molecule has 5 nitrogen and oxygen atoms in total. The maximum Gasteiger partial charge on any atom is 0.176 e. The maximum absolute atomic E-state index is 14.1. The molecule has 0 aliphatic rings. The van der Waals surface area contributed by atoms with Gasteiger partial charge in [0.25, 0.3) is 0 Å². The van der Waals surface area contributed by atoms with Crippen LogP contribution in [0.25, 0.3) is 0 Å².